The van der Waals surface area contributed by atoms with Crippen molar-refractivity contribution in [2.75, 3.05) is 20.7 Å². The van der Waals surface area contributed by atoms with Crippen LogP contribution in [0.3, 0.4) is 0 Å². The molecule has 1 saturated heterocycles. The first-order valence-corrected chi connectivity index (χ1v) is 12.2. The standard InChI is InChI=1S/C22H27BrN2O4S/c1-16-8-6-7-13-25(16)30(27,28)21-14-17(11-12-20(21)29-3)22(26)24(2)15-18-9-4-5-10-19(18)23/h4-5,9-12,14,16H,6-8,13,15H2,1-3H3. The lowest BCUT2D eigenvalue weighted by Gasteiger charge is -2.32. The van der Waals surface area contributed by atoms with Gasteiger partial charge in [-0.1, -0.05) is 40.5 Å². The molecule has 2 aromatic carbocycles. The number of carbonyl (C=O) groups excluding carboxylic acids is 1. The van der Waals surface area contributed by atoms with Gasteiger partial charge in [0.05, 0.1) is 7.11 Å². The Morgan fingerprint density at radius 3 is 2.63 bits per heavy atom. The molecule has 2 aromatic rings. The van der Waals surface area contributed by atoms with Crippen molar-refractivity contribution in [3.05, 3.63) is 58.1 Å². The molecule has 3 rings (SSSR count). The Bertz CT molecular complexity index is 1030. The van der Waals surface area contributed by atoms with Gasteiger partial charge in [-0.25, -0.2) is 8.42 Å². The smallest absolute Gasteiger partial charge is 0.253 e. The van der Waals surface area contributed by atoms with Crippen LogP contribution in [0.4, 0.5) is 0 Å². The fourth-order valence-electron chi connectivity index (χ4n) is 3.74. The maximum absolute atomic E-state index is 13.4. The van der Waals surface area contributed by atoms with Crippen molar-refractivity contribution < 1.29 is 17.9 Å². The zero-order valence-corrected chi connectivity index (χ0v) is 19.9. The molecule has 0 aliphatic carbocycles. The van der Waals surface area contributed by atoms with Crippen molar-refractivity contribution in [3.63, 3.8) is 0 Å². The number of rotatable bonds is 6. The molecule has 162 valence electrons. The van der Waals surface area contributed by atoms with Gasteiger partial charge in [0.25, 0.3) is 5.91 Å². The predicted molar refractivity (Wildman–Crippen MR) is 120 cm³/mol. The molecule has 8 heteroatoms. The molecule has 0 bridgehead atoms. The number of ether oxygens (including phenoxy) is 1. The van der Waals surface area contributed by atoms with Crippen LogP contribution < -0.4 is 4.74 Å². The Labute approximate surface area is 187 Å². The summed E-state index contributed by atoms with van der Waals surface area (Å²) in [5.74, 6) is -0.00525. The topological polar surface area (TPSA) is 66.9 Å². The minimum atomic E-state index is -3.77. The van der Waals surface area contributed by atoms with E-state index in [2.05, 4.69) is 15.9 Å². The molecule has 0 aromatic heterocycles. The lowest BCUT2D eigenvalue weighted by Crippen LogP contribution is -2.42. The summed E-state index contributed by atoms with van der Waals surface area (Å²) in [5.41, 5.74) is 1.28. The molecule has 0 saturated carbocycles. The molecule has 1 atom stereocenters. The fraction of sp³-hybridized carbons (Fsp3) is 0.409. The van der Waals surface area contributed by atoms with Crippen LogP contribution in [-0.2, 0) is 16.6 Å². The van der Waals surface area contributed by atoms with Crippen LogP contribution in [0, 0.1) is 0 Å². The molecule has 6 nitrogen and oxygen atoms in total. The van der Waals surface area contributed by atoms with Crippen molar-refractivity contribution in [2.45, 2.75) is 43.7 Å². The summed E-state index contributed by atoms with van der Waals surface area (Å²) in [7, 11) is -0.631. The van der Waals surface area contributed by atoms with Crippen molar-refractivity contribution >= 4 is 31.9 Å². The Hall–Kier alpha value is -1.90. The highest BCUT2D eigenvalue weighted by atomic mass is 79.9. The Balaban J connectivity index is 1.92. The van der Waals surface area contributed by atoms with E-state index >= 15 is 0 Å². The van der Waals surface area contributed by atoms with Crippen molar-refractivity contribution in [1.82, 2.24) is 9.21 Å². The quantitative estimate of drug-likeness (QED) is 0.600. The van der Waals surface area contributed by atoms with E-state index in [1.165, 1.54) is 17.5 Å². The maximum atomic E-state index is 13.4. The first-order chi connectivity index (χ1) is 14.3. The summed E-state index contributed by atoms with van der Waals surface area (Å²) in [6.07, 6.45) is 2.68. The number of nitrogens with zero attached hydrogens (tertiary/aromatic N) is 2. The van der Waals surface area contributed by atoms with Gasteiger partial charge in [0.2, 0.25) is 10.0 Å². The lowest BCUT2D eigenvalue weighted by molar-refractivity contribution is 0.0784. The second-order valence-corrected chi connectivity index (χ2v) is 10.3. The number of piperidine rings is 1. The third-order valence-electron chi connectivity index (χ3n) is 5.45. The van der Waals surface area contributed by atoms with Crippen LogP contribution in [0.2, 0.25) is 0 Å². The molecule has 0 spiro atoms. The van der Waals surface area contributed by atoms with E-state index in [0.717, 1.165) is 29.3 Å². The molecule has 1 heterocycles. The molecule has 30 heavy (non-hydrogen) atoms. The van der Waals surface area contributed by atoms with Gasteiger partial charge in [0, 0.05) is 36.2 Å². The molecule has 1 unspecified atom stereocenters. The second-order valence-electron chi connectivity index (χ2n) is 7.58. The van der Waals surface area contributed by atoms with Crippen LogP contribution in [-0.4, -0.2) is 50.3 Å². The molecule has 1 aliphatic rings. The molecule has 0 N–H and O–H groups in total. The van der Waals surface area contributed by atoms with Gasteiger partial charge in [-0.3, -0.25) is 4.79 Å². The highest BCUT2D eigenvalue weighted by Gasteiger charge is 2.33. The Kier molecular flexibility index (Phi) is 7.21. The molecular weight excluding hydrogens is 468 g/mol. The summed E-state index contributed by atoms with van der Waals surface area (Å²) in [4.78, 5) is 14.7. The van der Waals surface area contributed by atoms with Gasteiger partial charge in [0.15, 0.2) is 0 Å². The number of benzene rings is 2. The van der Waals surface area contributed by atoms with E-state index in [9.17, 15) is 13.2 Å². The van der Waals surface area contributed by atoms with Crippen molar-refractivity contribution in [1.29, 1.82) is 0 Å². The van der Waals surface area contributed by atoms with Crippen LogP contribution in [0.1, 0.15) is 42.1 Å². The van der Waals surface area contributed by atoms with E-state index in [1.807, 2.05) is 31.2 Å². The largest absolute Gasteiger partial charge is 0.495 e. The zero-order valence-electron chi connectivity index (χ0n) is 17.5. The van der Waals surface area contributed by atoms with Gasteiger partial charge in [-0.2, -0.15) is 4.31 Å². The minimum absolute atomic E-state index is 0.0406. The number of carbonyl (C=O) groups is 1. The predicted octanol–water partition coefficient (Wildman–Crippen LogP) is 4.29. The van der Waals surface area contributed by atoms with E-state index in [0.29, 0.717) is 18.7 Å². The van der Waals surface area contributed by atoms with Crippen molar-refractivity contribution in [2.24, 2.45) is 0 Å². The number of methoxy groups -OCH3 is 1. The van der Waals surface area contributed by atoms with E-state index in [1.54, 1.807) is 24.1 Å². The van der Waals surface area contributed by atoms with Gasteiger partial charge in [-0.15, -0.1) is 0 Å². The Morgan fingerprint density at radius 1 is 1.23 bits per heavy atom. The van der Waals surface area contributed by atoms with Crippen LogP contribution in [0.5, 0.6) is 5.75 Å². The van der Waals surface area contributed by atoms with E-state index in [4.69, 9.17) is 4.74 Å². The highest BCUT2D eigenvalue weighted by molar-refractivity contribution is 9.10. The third-order valence-corrected chi connectivity index (χ3v) is 8.26. The monoisotopic (exact) mass is 494 g/mol. The number of sulfonamides is 1. The first-order valence-electron chi connectivity index (χ1n) is 9.94. The summed E-state index contributed by atoms with van der Waals surface area (Å²) in [6, 6.07) is 12.2. The number of halogens is 1. The molecular formula is C22H27BrN2O4S. The van der Waals surface area contributed by atoms with Crippen LogP contribution in [0.15, 0.2) is 51.8 Å². The summed E-state index contributed by atoms with van der Waals surface area (Å²) in [6.45, 7) is 2.80. The average Bonchev–Trinajstić information content (AvgIpc) is 2.74. The highest BCUT2D eigenvalue weighted by Crippen LogP contribution is 2.32. The summed E-state index contributed by atoms with van der Waals surface area (Å²) >= 11 is 3.50. The lowest BCUT2D eigenvalue weighted by atomic mass is 10.1. The van der Waals surface area contributed by atoms with E-state index < -0.39 is 10.0 Å². The normalized spacial score (nSPS) is 17.5. The van der Waals surface area contributed by atoms with Gasteiger partial charge < -0.3 is 9.64 Å². The van der Waals surface area contributed by atoms with Gasteiger partial charge in [-0.05, 0) is 49.6 Å². The Morgan fingerprint density at radius 2 is 1.97 bits per heavy atom. The second kappa shape index (κ2) is 9.49. The third kappa shape index (κ3) is 4.71. The minimum Gasteiger partial charge on any atom is -0.495 e. The van der Waals surface area contributed by atoms with Crippen molar-refractivity contribution in [3.8, 4) is 5.75 Å². The number of amides is 1. The zero-order chi connectivity index (χ0) is 21.9. The molecule has 1 amide bonds. The van der Waals surface area contributed by atoms with Gasteiger partial charge >= 0.3 is 0 Å². The number of hydrogen-bond donors (Lipinski definition) is 0. The van der Waals surface area contributed by atoms with Gasteiger partial charge in [0.1, 0.15) is 10.6 Å². The van der Waals surface area contributed by atoms with Crippen LogP contribution in [0.25, 0.3) is 0 Å². The SMILES string of the molecule is COc1ccc(C(=O)N(C)Cc2ccccc2Br)cc1S(=O)(=O)N1CCCCC1C. The molecule has 0 radical (unpaired) electrons. The number of hydrogen-bond acceptors (Lipinski definition) is 4. The summed E-state index contributed by atoms with van der Waals surface area (Å²) < 4.78 is 34.5. The van der Waals surface area contributed by atoms with Crippen LogP contribution >= 0.6 is 15.9 Å². The maximum Gasteiger partial charge on any atom is 0.253 e. The molecule has 1 fully saturated rings. The molecule has 1 aliphatic heterocycles. The summed E-state index contributed by atoms with van der Waals surface area (Å²) in [5, 5.41) is 0. The average molecular weight is 495 g/mol. The van der Waals surface area contributed by atoms with E-state index in [-0.39, 0.29) is 22.6 Å². The fourth-order valence-corrected chi connectivity index (χ4v) is 6.03. The first kappa shape index (κ1) is 22.8.